The lowest BCUT2D eigenvalue weighted by atomic mass is 10.1. The van der Waals surface area contributed by atoms with Crippen LogP contribution in [0.4, 0.5) is 5.69 Å². The summed E-state index contributed by atoms with van der Waals surface area (Å²) in [7, 11) is 0. The fourth-order valence-corrected chi connectivity index (χ4v) is 1.89. The van der Waals surface area contributed by atoms with Crippen LogP contribution in [0.2, 0.25) is 0 Å². The van der Waals surface area contributed by atoms with Crippen molar-refractivity contribution in [2.75, 3.05) is 0 Å². The van der Waals surface area contributed by atoms with E-state index in [0.29, 0.717) is 12.3 Å². The standard InChI is InChI=1S/C16H15NO2/c1-12-6-7-16(13(2)8-12)19-10-14-4-3-5-15(9-14)17-11-18/h3-9H,10H2,1-2H3. The number of ether oxygens (including phenoxy) is 1. The Bertz CT molecular complexity index is 628. The number of benzene rings is 2. The zero-order valence-electron chi connectivity index (χ0n) is 11.0. The van der Waals surface area contributed by atoms with Gasteiger partial charge in [-0.25, -0.2) is 4.79 Å². The van der Waals surface area contributed by atoms with Crippen molar-refractivity contribution >= 4 is 11.8 Å². The van der Waals surface area contributed by atoms with Crippen molar-refractivity contribution < 1.29 is 9.53 Å². The normalized spacial score (nSPS) is 9.79. The molecule has 3 nitrogen and oxygen atoms in total. The van der Waals surface area contributed by atoms with Crippen molar-refractivity contribution in [3.63, 3.8) is 0 Å². The maximum absolute atomic E-state index is 10.2. The highest BCUT2D eigenvalue weighted by molar-refractivity contribution is 5.49. The second kappa shape index (κ2) is 5.98. The Morgan fingerprint density at radius 3 is 2.74 bits per heavy atom. The van der Waals surface area contributed by atoms with Crippen LogP contribution in [0.3, 0.4) is 0 Å². The first-order valence-corrected chi connectivity index (χ1v) is 6.06. The topological polar surface area (TPSA) is 38.7 Å². The van der Waals surface area contributed by atoms with Crippen molar-refractivity contribution in [3.8, 4) is 5.75 Å². The summed E-state index contributed by atoms with van der Waals surface area (Å²) in [5.41, 5.74) is 3.89. The fraction of sp³-hybridized carbons (Fsp3) is 0.188. The third kappa shape index (κ3) is 3.54. The number of aliphatic imine (C=N–C) groups is 1. The average Bonchev–Trinajstić information content (AvgIpc) is 2.38. The van der Waals surface area contributed by atoms with E-state index in [9.17, 15) is 4.79 Å². The molecule has 0 aromatic heterocycles. The van der Waals surface area contributed by atoms with Crippen LogP contribution in [0.5, 0.6) is 5.75 Å². The molecule has 0 bridgehead atoms. The van der Waals surface area contributed by atoms with E-state index < -0.39 is 0 Å². The first-order valence-electron chi connectivity index (χ1n) is 6.06. The molecule has 0 amide bonds. The molecule has 0 atom stereocenters. The molecule has 0 aliphatic carbocycles. The maximum atomic E-state index is 10.2. The highest BCUT2D eigenvalue weighted by Gasteiger charge is 2.01. The molecule has 2 aromatic carbocycles. The molecule has 0 aliphatic rings. The van der Waals surface area contributed by atoms with Gasteiger partial charge in [-0.05, 0) is 43.2 Å². The summed E-state index contributed by atoms with van der Waals surface area (Å²) in [6.07, 6.45) is 1.53. The van der Waals surface area contributed by atoms with Crippen LogP contribution in [0, 0.1) is 13.8 Å². The molecule has 0 radical (unpaired) electrons. The summed E-state index contributed by atoms with van der Waals surface area (Å²) in [5.74, 6) is 0.870. The third-order valence-corrected chi connectivity index (χ3v) is 2.81. The first kappa shape index (κ1) is 13.1. The van der Waals surface area contributed by atoms with Crippen molar-refractivity contribution in [2.45, 2.75) is 20.5 Å². The lowest BCUT2D eigenvalue weighted by Gasteiger charge is -2.10. The van der Waals surface area contributed by atoms with Crippen molar-refractivity contribution in [1.82, 2.24) is 0 Å². The average molecular weight is 253 g/mol. The lowest BCUT2D eigenvalue weighted by molar-refractivity contribution is 0.304. The predicted molar refractivity (Wildman–Crippen MR) is 74.5 cm³/mol. The molecule has 0 unspecified atom stereocenters. The summed E-state index contributed by atoms with van der Waals surface area (Å²) < 4.78 is 5.77. The van der Waals surface area contributed by atoms with Gasteiger partial charge in [0, 0.05) is 0 Å². The van der Waals surface area contributed by atoms with Gasteiger partial charge in [0.2, 0.25) is 6.08 Å². The number of carbonyl (C=O) groups excluding carboxylic acids is 1. The van der Waals surface area contributed by atoms with E-state index in [4.69, 9.17) is 4.74 Å². The van der Waals surface area contributed by atoms with Gasteiger partial charge in [0.05, 0.1) is 5.69 Å². The number of rotatable bonds is 4. The molecule has 0 heterocycles. The van der Waals surface area contributed by atoms with Crippen molar-refractivity contribution in [2.24, 2.45) is 4.99 Å². The molecule has 96 valence electrons. The number of nitrogens with zero attached hydrogens (tertiary/aromatic N) is 1. The minimum Gasteiger partial charge on any atom is -0.489 e. The third-order valence-electron chi connectivity index (χ3n) is 2.81. The van der Waals surface area contributed by atoms with E-state index in [0.717, 1.165) is 16.9 Å². The van der Waals surface area contributed by atoms with Crippen LogP contribution in [0.1, 0.15) is 16.7 Å². The first-order chi connectivity index (χ1) is 9.19. The summed E-state index contributed by atoms with van der Waals surface area (Å²) in [6.45, 7) is 4.53. The summed E-state index contributed by atoms with van der Waals surface area (Å²) >= 11 is 0. The molecule has 3 heteroatoms. The molecular weight excluding hydrogens is 238 g/mol. The van der Waals surface area contributed by atoms with Gasteiger partial charge in [-0.2, -0.15) is 4.99 Å². The van der Waals surface area contributed by atoms with E-state index in [1.807, 2.05) is 37.3 Å². The Hall–Kier alpha value is -2.38. The smallest absolute Gasteiger partial charge is 0.240 e. The van der Waals surface area contributed by atoms with Gasteiger partial charge in [-0.15, -0.1) is 0 Å². The van der Waals surface area contributed by atoms with E-state index in [1.165, 1.54) is 11.6 Å². The van der Waals surface area contributed by atoms with Gasteiger partial charge in [0.1, 0.15) is 12.4 Å². The Balaban J connectivity index is 2.09. The van der Waals surface area contributed by atoms with Gasteiger partial charge in [0.15, 0.2) is 0 Å². The predicted octanol–water partition coefficient (Wildman–Crippen LogP) is 3.85. The molecule has 2 rings (SSSR count). The second-order valence-corrected chi connectivity index (χ2v) is 4.43. The Kier molecular flexibility index (Phi) is 4.11. The maximum Gasteiger partial charge on any atom is 0.240 e. The van der Waals surface area contributed by atoms with Crippen LogP contribution < -0.4 is 4.74 Å². The SMILES string of the molecule is Cc1ccc(OCc2cccc(N=C=O)c2)c(C)c1. The Morgan fingerprint density at radius 1 is 1.16 bits per heavy atom. The van der Waals surface area contributed by atoms with Gasteiger partial charge in [0.25, 0.3) is 0 Å². The van der Waals surface area contributed by atoms with Crippen molar-refractivity contribution in [3.05, 3.63) is 59.2 Å². The number of hydrogen-bond acceptors (Lipinski definition) is 3. The number of hydrogen-bond donors (Lipinski definition) is 0. The van der Waals surface area contributed by atoms with E-state index in [1.54, 1.807) is 6.07 Å². The van der Waals surface area contributed by atoms with Gasteiger partial charge in [-0.3, -0.25) is 0 Å². The van der Waals surface area contributed by atoms with Crippen molar-refractivity contribution in [1.29, 1.82) is 0 Å². The fourth-order valence-electron chi connectivity index (χ4n) is 1.89. The van der Waals surface area contributed by atoms with Crippen LogP contribution in [0.15, 0.2) is 47.5 Å². The minimum absolute atomic E-state index is 0.451. The van der Waals surface area contributed by atoms with E-state index in [-0.39, 0.29) is 0 Å². The zero-order valence-corrected chi connectivity index (χ0v) is 11.0. The second-order valence-electron chi connectivity index (χ2n) is 4.43. The molecule has 0 fully saturated rings. The molecule has 0 N–H and O–H groups in total. The van der Waals surface area contributed by atoms with Gasteiger partial charge < -0.3 is 4.74 Å². The molecule has 0 aliphatic heterocycles. The number of isocyanates is 1. The molecule has 2 aromatic rings. The Morgan fingerprint density at radius 2 is 2.00 bits per heavy atom. The van der Waals surface area contributed by atoms with E-state index in [2.05, 4.69) is 18.0 Å². The number of aryl methyl sites for hydroxylation is 2. The molecule has 19 heavy (non-hydrogen) atoms. The zero-order chi connectivity index (χ0) is 13.7. The minimum atomic E-state index is 0.451. The quantitative estimate of drug-likeness (QED) is 0.613. The van der Waals surface area contributed by atoms with Crippen LogP contribution in [0.25, 0.3) is 0 Å². The van der Waals surface area contributed by atoms with E-state index >= 15 is 0 Å². The Labute approximate surface area is 112 Å². The van der Waals surface area contributed by atoms with Gasteiger partial charge >= 0.3 is 0 Å². The molecule has 0 spiro atoms. The summed E-state index contributed by atoms with van der Waals surface area (Å²) in [4.78, 5) is 13.8. The molecule has 0 saturated heterocycles. The summed E-state index contributed by atoms with van der Waals surface area (Å²) in [6, 6.07) is 13.4. The van der Waals surface area contributed by atoms with Crippen LogP contribution in [-0.4, -0.2) is 6.08 Å². The highest BCUT2D eigenvalue weighted by atomic mass is 16.5. The summed E-state index contributed by atoms with van der Waals surface area (Å²) in [5, 5.41) is 0. The molecular formula is C16H15NO2. The molecule has 0 saturated carbocycles. The highest BCUT2D eigenvalue weighted by Crippen LogP contribution is 2.21. The largest absolute Gasteiger partial charge is 0.489 e. The van der Waals surface area contributed by atoms with Crippen LogP contribution in [-0.2, 0) is 11.4 Å². The monoisotopic (exact) mass is 253 g/mol. The van der Waals surface area contributed by atoms with Crippen LogP contribution >= 0.6 is 0 Å². The lowest BCUT2D eigenvalue weighted by Crippen LogP contribution is -1.97. The van der Waals surface area contributed by atoms with Gasteiger partial charge in [-0.1, -0.05) is 29.8 Å².